The first-order chi connectivity index (χ1) is 8.19. The quantitative estimate of drug-likeness (QED) is 0.845. The normalized spacial score (nSPS) is 21.7. The van der Waals surface area contributed by atoms with Crippen molar-refractivity contribution >= 4 is 5.69 Å². The Morgan fingerprint density at radius 2 is 2.41 bits per heavy atom. The van der Waals surface area contributed by atoms with Crippen LogP contribution in [0.25, 0.3) is 0 Å². The zero-order valence-electron chi connectivity index (χ0n) is 10.9. The van der Waals surface area contributed by atoms with Crippen molar-refractivity contribution in [3.05, 3.63) is 11.9 Å². The summed E-state index contributed by atoms with van der Waals surface area (Å²) in [6.07, 6.45) is 2.29. The summed E-state index contributed by atoms with van der Waals surface area (Å²) < 4.78 is 7.58. The van der Waals surface area contributed by atoms with Gasteiger partial charge in [-0.2, -0.15) is 5.10 Å². The van der Waals surface area contributed by atoms with Crippen LogP contribution < -0.4 is 5.32 Å². The van der Waals surface area contributed by atoms with Crippen LogP contribution in [0.2, 0.25) is 0 Å². The van der Waals surface area contributed by atoms with Gasteiger partial charge in [-0.15, -0.1) is 0 Å². The van der Waals surface area contributed by atoms with Crippen molar-refractivity contribution < 1.29 is 4.74 Å². The highest BCUT2D eigenvalue weighted by atomic mass is 16.5. The van der Waals surface area contributed by atoms with Crippen molar-refractivity contribution in [2.45, 2.75) is 20.0 Å². The van der Waals surface area contributed by atoms with Gasteiger partial charge in [0.2, 0.25) is 0 Å². The lowest BCUT2D eigenvalue weighted by molar-refractivity contribution is -0.0191. The molecule has 5 heteroatoms. The van der Waals surface area contributed by atoms with E-state index in [9.17, 15) is 0 Å². The summed E-state index contributed by atoms with van der Waals surface area (Å²) in [7, 11) is 1.94. The average Bonchev–Trinajstić information content (AvgIpc) is 2.65. The van der Waals surface area contributed by atoms with Gasteiger partial charge in [0, 0.05) is 32.9 Å². The summed E-state index contributed by atoms with van der Waals surface area (Å²) >= 11 is 0. The number of morpholine rings is 1. The molecule has 17 heavy (non-hydrogen) atoms. The Balaban J connectivity index is 1.83. The largest absolute Gasteiger partial charge is 0.380 e. The van der Waals surface area contributed by atoms with E-state index < -0.39 is 0 Å². The molecule has 0 radical (unpaired) electrons. The molecule has 1 atom stereocenters. The van der Waals surface area contributed by atoms with E-state index in [1.165, 1.54) is 0 Å². The maximum atomic E-state index is 5.75. The molecule has 0 aliphatic carbocycles. The van der Waals surface area contributed by atoms with Gasteiger partial charge in [0.05, 0.1) is 24.1 Å². The Kier molecular flexibility index (Phi) is 4.02. The lowest BCUT2D eigenvalue weighted by Crippen LogP contribution is -2.45. The van der Waals surface area contributed by atoms with Crippen molar-refractivity contribution in [3.8, 4) is 0 Å². The average molecular weight is 238 g/mol. The van der Waals surface area contributed by atoms with E-state index >= 15 is 0 Å². The Hall–Kier alpha value is -1.07. The summed E-state index contributed by atoms with van der Waals surface area (Å²) in [4.78, 5) is 2.42. The fourth-order valence-corrected chi connectivity index (χ4v) is 2.19. The van der Waals surface area contributed by atoms with Crippen molar-refractivity contribution in [1.29, 1.82) is 0 Å². The predicted octanol–water partition coefficient (Wildman–Crippen LogP) is 0.861. The van der Waals surface area contributed by atoms with Gasteiger partial charge in [0.15, 0.2) is 0 Å². The first-order valence-electron chi connectivity index (χ1n) is 6.27. The molecule has 2 heterocycles. The molecule has 2 rings (SSSR count). The topological polar surface area (TPSA) is 42.3 Å². The van der Waals surface area contributed by atoms with Crippen LogP contribution in [0.4, 0.5) is 5.69 Å². The number of aryl methyl sites for hydroxylation is 2. The molecule has 1 aromatic rings. The van der Waals surface area contributed by atoms with E-state index in [0.29, 0.717) is 0 Å². The van der Waals surface area contributed by atoms with Gasteiger partial charge in [0.1, 0.15) is 0 Å². The molecular weight excluding hydrogens is 216 g/mol. The van der Waals surface area contributed by atoms with Gasteiger partial charge in [0.25, 0.3) is 0 Å². The highest BCUT2D eigenvalue weighted by molar-refractivity contribution is 5.45. The number of likely N-dealkylation sites (N-methyl/N-ethyl adjacent to an activating group) is 1. The lowest BCUT2D eigenvalue weighted by Gasteiger charge is -2.32. The van der Waals surface area contributed by atoms with Crippen LogP contribution in [0.1, 0.15) is 12.6 Å². The van der Waals surface area contributed by atoms with E-state index in [1.807, 2.05) is 24.9 Å². The van der Waals surface area contributed by atoms with Gasteiger partial charge in [-0.05, 0) is 13.5 Å². The Labute approximate surface area is 103 Å². The number of nitrogens with one attached hydrogen (secondary N) is 1. The zero-order valence-corrected chi connectivity index (χ0v) is 10.9. The number of aromatic nitrogens is 2. The second kappa shape index (κ2) is 5.51. The van der Waals surface area contributed by atoms with Gasteiger partial charge in [-0.1, -0.05) is 6.92 Å². The maximum Gasteiger partial charge on any atom is 0.0874 e. The molecule has 1 unspecified atom stereocenters. The van der Waals surface area contributed by atoms with E-state index in [-0.39, 0.29) is 6.10 Å². The molecule has 1 aromatic heterocycles. The maximum absolute atomic E-state index is 5.75. The molecule has 1 N–H and O–H groups in total. The standard InChI is InChI=1S/C12H22N4O/c1-4-16-5-6-17-11(8-16)7-13-12-9-15(3)14-10(12)2/h9,11,13H,4-8H2,1-3H3. The Morgan fingerprint density at radius 3 is 3.06 bits per heavy atom. The SMILES string of the molecule is CCN1CCOC(CNc2cn(C)nc2C)C1. The summed E-state index contributed by atoms with van der Waals surface area (Å²) in [6, 6.07) is 0. The van der Waals surface area contributed by atoms with Crippen molar-refractivity contribution in [2.75, 3.05) is 38.1 Å². The van der Waals surface area contributed by atoms with Crippen LogP contribution in [0.15, 0.2) is 6.20 Å². The Bertz CT molecular complexity index is 363. The molecule has 0 saturated carbocycles. The summed E-state index contributed by atoms with van der Waals surface area (Å²) in [5.41, 5.74) is 2.14. The number of hydrogen-bond acceptors (Lipinski definition) is 4. The van der Waals surface area contributed by atoms with Crippen molar-refractivity contribution in [2.24, 2.45) is 7.05 Å². The van der Waals surface area contributed by atoms with Crippen LogP contribution in [0.3, 0.4) is 0 Å². The fraction of sp³-hybridized carbons (Fsp3) is 0.750. The van der Waals surface area contributed by atoms with Crippen molar-refractivity contribution in [3.63, 3.8) is 0 Å². The van der Waals surface area contributed by atoms with Crippen LogP contribution in [0, 0.1) is 6.92 Å². The minimum absolute atomic E-state index is 0.281. The fourth-order valence-electron chi connectivity index (χ4n) is 2.19. The molecular formula is C12H22N4O. The van der Waals surface area contributed by atoms with Crippen LogP contribution in [-0.2, 0) is 11.8 Å². The van der Waals surface area contributed by atoms with Crippen molar-refractivity contribution in [1.82, 2.24) is 14.7 Å². The molecule has 1 saturated heterocycles. The molecule has 0 amide bonds. The van der Waals surface area contributed by atoms with E-state index in [0.717, 1.165) is 44.2 Å². The molecule has 1 aliphatic heterocycles. The highest BCUT2D eigenvalue weighted by Gasteiger charge is 2.19. The number of anilines is 1. The molecule has 1 fully saturated rings. The number of nitrogens with zero attached hydrogens (tertiary/aromatic N) is 3. The lowest BCUT2D eigenvalue weighted by atomic mass is 10.2. The smallest absolute Gasteiger partial charge is 0.0874 e. The minimum atomic E-state index is 0.281. The summed E-state index contributed by atoms with van der Waals surface area (Å²) in [5, 5.41) is 7.72. The molecule has 0 spiro atoms. The summed E-state index contributed by atoms with van der Waals surface area (Å²) in [6.45, 7) is 9.08. The third kappa shape index (κ3) is 3.20. The predicted molar refractivity (Wildman–Crippen MR) is 68.3 cm³/mol. The molecule has 1 aliphatic rings. The Morgan fingerprint density at radius 1 is 1.59 bits per heavy atom. The van der Waals surface area contributed by atoms with Gasteiger partial charge in [-0.25, -0.2) is 0 Å². The third-order valence-electron chi connectivity index (χ3n) is 3.20. The minimum Gasteiger partial charge on any atom is -0.380 e. The van der Waals surface area contributed by atoms with Crippen LogP contribution >= 0.6 is 0 Å². The second-order valence-corrected chi connectivity index (χ2v) is 4.57. The third-order valence-corrected chi connectivity index (χ3v) is 3.20. The van der Waals surface area contributed by atoms with E-state index in [4.69, 9.17) is 4.74 Å². The first-order valence-corrected chi connectivity index (χ1v) is 6.27. The zero-order chi connectivity index (χ0) is 12.3. The molecule has 0 bridgehead atoms. The monoisotopic (exact) mass is 238 g/mol. The number of rotatable bonds is 4. The highest BCUT2D eigenvalue weighted by Crippen LogP contribution is 2.12. The number of hydrogen-bond donors (Lipinski definition) is 1. The summed E-state index contributed by atoms with van der Waals surface area (Å²) in [5.74, 6) is 0. The first kappa shape index (κ1) is 12.4. The molecule has 0 aromatic carbocycles. The van der Waals surface area contributed by atoms with E-state index in [1.54, 1.807) is 0 Å². The van der Waals surface area contributed by atoms with Gasteiger partial charge < -0.3 is 10.1 Å². The molecule has 96 valence electrons. The van der Waals surface area contributed by atoms with Gasteiger partial charge in [-0.3, -0.25) is 9.58 Å². The second-order valence-electron chi connectivity index (χ2n) is 4.57. The van der Waals surface area contributed by atoms with Gasteiger partial charge >= 0.3 is 0 Å². The van der Waals surface area contributed by atoms with Crippen LogP contribution in [0.5, 0.6) is 0 Å². The molecule has 5 nitrogen and oxygen atoms in total. The van der Waals surface area contributed by atoms with Crippen LogP contribution in [-0.4, -0.2) is 53.6 Å². The number of ether oxygens (including phenoxy) is 1. The van der Waals surface area contributed by atoms with E-state index in [2.05, 4.69) is 22.2 Å².